The van der Waals surface area contributed by atoms with Crippen LogP contribution in [0.5, 0.6) is 0 Å². The quantitative estimate of drug-likeness (QED) is 0.584. The van der Waals surface area contributed by atoms with Crippen LogP contribution < -0.4 is 5.14 Å². The van der Waals surface area contributed by atoms with Gasteiger partial charge in [0.15, 0.2) is 0 Å². The molecular formula is C14H22N2O6S2. The molecule has 10 heteroatoms. The topological polar surface area (TPSA) is 127 Å². The number of primary sulfonamides is 1. The second-order valence-corrected chi connectivity index (χ2v) is 7.94. The summed E-state index contributed by atoms with van der Waals surface area (Å²) >= 11 is 0.858. The summed E-state index contributed by atoms with van der Waals surface area (Å²) < 4.78 is 27.8. The molecule has 1 rings (SSSR count). The van der Waals surface area contributed by atoms with Gasteiger partial charge in [0.05, 0.1) is 11.5 Å². The summed E-state index contributed by atoms with van der Waals surface area (Å²) in [5.41, 5.74) is 0.179. The standard InChI is InChI=1S/C14H22N2O6S2/c1-3-22-6-4-5-16(8-10(2)14(18)19)13(17)11-7-12(23-9-11)24(15,20)21/h7,9-10H,3-6,8H2,1-2H3,(H,18,19)(H2,15,20,21). The number of carbonyl (C=O) groups is 2. The summed E-state index contributed by atoms with van der Waals surface area (Å²) in [6.45, 7) is 4.72. The van der Waals surface area contributed by atoms with E-state index < -0.39 is 27.8 Å². The second-order valence-electron chi connectivity index (χ2n) is 5.24. The van der Waals surface area contributed by atoms with E-state index in [1.807, 2.05) is 6.92 Å². The Bertz CT molecular complexity index is 671. The third-order valence-corrected chi connectivity index (χ3v) is 5.61. The number of nitrogens with two attached hydrogens (primary N) is 1. The molecular weight excluding hydrogens is 356 g/mol. The number of carboxylic acid groups (broad SMARTS) is 1. The predicted molar refractivity (Wildman–Crippen MR) is 89.5 cm³/mol. The number of aliphatic carboxylic acids is 1. The molecule has 1 atom stereocenters. The zero-order chi connectivity index (χ0) is 18.3. The van der Waals surface area contributed by atoms with Crippen LogP contribution in [-0.2, 0) is 19.6 Å². The molecule has 0 aromatic carbocycles. The van der Waals surface area contributed by atoms with Gasteiger partial charge in [0.1, 0.15) is 4.21 Å². The summed E-state index contributed by atoms with van der Waals surface area (Å²) in [5.74, 6) is -2.17. The third-order valence-electron chi connectivity index (χ3n) is 3.23. The molecule has 0 aliphatic heterocycles. The Labute approximate surface area is 145 Å². The average Bonchev–Trinajstić information content (AvgIpc) is 2.99. The normalized spacial score (nSPS) is 12.8. The van der Waals surface area contributed by atoms with E-state index in [9.17, 15) is 18.0 Å². The molecule has 24 heavy (non-hydrogen) atoms. The first-order valence-electron chi connectivity index (χ1n) is 7.38. The van der Waals surface area contributed by atoms with Crippen molar-refractivity contribution >= 4 is 33.2 Å². The minimum atomic E-state index is -3.87. The van der Waals surface area contributed by atoms with E-state index in [-0.39, 0.29) is 16.3 Å². The van der Waals surface area contributed by atoms with Crippen molar-refractivity contribution in [2.24, 2.45) is 11.1 Å². The average molecular weight is 378 g/mol. The Hall–Kier alpha value is -1.49. The lowest BCUT2D eigenvalue weighted by molar-refractivity contribution is -0.141. The van der Waals surface area contributed by atoms with Crippen molar-refractivity contribution in [3.05, 3.63) is 17.0 Å². The van der Waals surface area contributed by atoms with Crippen LogP contribution in [0.3, 0.4) is 0 Å². The van der Waals surface area contributed by atoms with Crippen molar-refractivity contribution in [3.63, 3.8) is 0 Å². The fourth-order valence-electron chi connectivity index (χ4n) is 1.95. The van der Waals surface area contributed by atoms with Crippen LogP contribution in [0.1, 0.15) is 30.6 Å². The number of amides is 1. The van der Waals surface area contributed by atoms with E-state index in [0.717, 1.165) is 11.3 Å². The minimum Gasteiger partial charge on any atom is -0.481 e. The van der Waals surface area contributed by atoms with E-state index in [0.29, 0.717) is 26.2 Å². The van der Waals surface area contributed by atoms with E-state index in [1.165, 1.54) is 23.3 Å². The number of nitrogens with zero attached hydrogens (tertiary/aromatic N) is 1. The van der Waals surface area contributed by atoms with Gasteiger partial charge in [0.25, 0.3) is 5.91 Å². The lowest BCUT2D eigenvalue weighted by Crippen LogP contribution is -2.37. The summed E-state index contributed by atoms with van der Waals surface area (Å²) in [6.07, 6.45) is 0.554. The highest BCUT2D eigenvalue weighted by atomic mass is 32.2. The Morgan fingerprint density at radius 3 is 2.62 bits per heavy atom. The molecule has 0 saturated heterocycles. The Balaban J connectivity index is 2.88. The zero-order valence-corrected chi connectivity index (χ0v) is 15.2. The van der Waals surface area contributed by atoms with Crippen LogP contribution in [0.15, 0.2) is 15.7 Å². The summed E-state index contributed by atoms with van der Waals surface area (Å²) in [6, 6.07) is 1.21. The van der Waals surface area contributed by atoms with Crippen LogP contribution in [0.25, 0.3) is 0 Å². The fraction of sp³-hybridized carbons (Fsp3) is 0.571. The number of rotatable bonds is 10. The van der Waals surface area contributed by atoms with Crippen molar-refractivity contribution in [2.45, 2.75) is 24.5 Å². The second kappa shape index (κ2) is 9.11. The molecule has 1 heterocycles. The van der Waals surface area contributed by atoms with Crippen molar-refractivity contribution in [1.82, 2.24) is 4.90 Å². The maximum absolute atomic E-state index is 12.6. The molecule has 0 spiro atoms. The number of hydrogen-bond acceptors (Lipinski definition) is 6. The van der Waals surface area contributed by atoms with Gasteiger partial charge in [-0.2, -0.15) is 0 Å². The number of carboxylic acids is 1. The molecule has 8 nitrogen and oxygen atoms in total. The highest BCUT2D eigenvalue weighted by molar-refractivity contribution is 7.91. The zero-order valence-electron chi connectivity index (χ0n) is 13.6. The SMILES string of the molecule is CCOCCCN(CC(C)C(=O)O)C(=O)c1csc(S(N)(=O)=O)c1. The van der Waals surface area contributed by atoms with Gasteiger partial charge in [0, 0.05) is 31.7 Å². The number of ether oxygens (including phenoxy) is 1. The third kappa shape index (κ3) is 6.19. The monoisotopic (exact) mass is 378 g/mol. The largest absolute Gasteiger partial charge is 0.481 e. The Morgan fingerprint density at radius 2 is 2.12 bits per heavy atom. The molecule has 3 N–H and O–H groups in total. The number of thiophene rings is 1. The lowest BCUT2D eigenvalue weighted by Gasteiger charge is -2.24. The van der Waals surface area contributed by atoms with Gasteiger partial charge < -0.3 is 14.7 Å². The first-order chi connectivity index (χ1) is 11.2. The smallest absolute Gasteiger partial charge is 0.308 e. The molecule has 136 valence electrons. The van der Waals surface area contributed by atoms with Crippen LogP contribution >= 0.6 is 11.3 Å². The molecule has 1 aromatic heterocycles. The molecule has 0 aliphatic carbocycles. The van der Waals surface area contributed by atoms with Gasteiger partial charge in [0.2, 0.25) is 10.0 Å². The first kappa shape index (κ1) is 20.6. The molecule has 0 aliphatic rings. The first-order valence-corrected chi connectivity index (χ1v) is 9.80. The van der Waals surface area contributed by atoms with E-state index in [2.05, 4.69) is 0 Å². The molecule has 1 unspecified atom stereocenters. The highest BCUT2D eigenvalue weighted by Gasteiger charge is 2.23. The predicted octanol–water partition coefficient (Wildman–Crippen LogP) is 0.985. The highest BCUT2D eigenvalue weighted by Crippen LogP contribution is 2.20. The van der Waals surface area contributed by atoms with Gasteiger partial charge in [-0.3, -0.25) is 9.59 Å². The Morgan fingerprint density at radius 1 is 1.46 bits per heavy atom. The lowest BCUT2D eigenvalue weighted by atomic mass is 10.1. The maximum Gasteiger partial charge on any atom is 0.308 e. The van der Waals surface area contributed by atoms with Crippen molar-refractivity contribution in [2.75, 3.05) is 26.3 Å². The van der Waals surface area contributed by atoms with Crippen molar-refractivity contribution in [3.8, 4) is 0 Å². The summed E-state index contributed by atoms with van der Waals surface area (Å²) in [7, 11) is -3.87. The summed E-state index contributed by atoms with van der Waals surface area (Å²) in [4.78, 5) is 25.0. The number of carbonyl (C=O) groups excluding carboxylic acids is 1. The van der Waals surface area contributed by atoms with Crippen molar-refractivity contribution in [1.29, 1.82) is 0 Å². The van der Waals surface area contributed by atoms with E-state index in [4.69, 9.17) is 15.0 Å². The van der Waals surface area contributed by atoms with E-state index in [1.54, 1.807) is 0 Å². The van der Waals surface area contributed by atoms with Gasteiger partial charge in [-0.1, -0.05) is 6.92 Å². The molecule has 1 amide bonds. The molecule has 1 aromatic rings. The maximum atomic E-state index is 12.6. The van der Waals surface area contributed by atoms with Crippen LogP contribution in [0, 0.1) is 5.92 Å². The molecule has 0 bridgehead atoms. The van der Waals surface area contributed by atoms with E-state index >= 15 is 0 Å². The molecule has 0 fully saturated rings. The Kier molecular flexibility index (Phi) is 7.80. The van der Waals surface area contributed by atoms with Crippen molar-refractivity contribution < 1.29 is 27.9 Å². The van der Waals surface area contributed by atoms with Crippen LogP contribution in [0.2, 0.25) is 0 Å². The van der Waals surface area contributed by atoms with Crippen LogP contribution in [0.4, 0.5) is 0 Å². The minimum absolute atomic E-state index is 0.0286. The van der Waals surface area contributed by atoms with Gasteiger partial charge >= 0.3 is 5.97 Å². The molecule has 0 saturated carbocycles. The van der Waals surface area contributed by atoms with Crippen LogP contribution in [-0.4, -0.2) is 56.6 Å². The number of sulfonamides is 1. The van der Waals surface area contributed by atoms with Gasteiger partial charge in [-0.15, -0.1) is 11.3 Å². The fourth-order valence-corrected chi connectivity index (χ4v) is 3.53. The van der Waals surface area contributed by atoms with Gasteiger partial charge in [-0.05, 0) is 19.4 Å². The summed E-state index contributed by atoms with van der Waals surface area (Å²) in [5, 5.41) is 15.5. The van der Waals surface area contributed by atoms with Gasteiger partial charge in [-0.25, -0.2) is 13.6 Å². The molecule has 0 radical (unpaired) electrons. The number of hydrogen-bond donors (Lipinski definition) is 2.